The lowest BCUT2D eigenvalue weighted by Crippen LogP contribution is -2.53. The number of amides is 1. The Morgan fingerprint density at radius 3 is 2.20 bits per heavy atom. The number of benzene rings is 2. The molecule has 3 rings (SSSR count). The van der Waals surface area contributed by atoms with Crippen LogP contribution in [-0.4, -0.2) is 10.8 Å². The lowest BCUT2D eigenvalue weighted by Gasteiger charge is -2.46. The molecular formula is C18H17NO. The molecule has 0 radical (unpaired) electrons. The van der Waals surface area contributed by atoms with Crippen molar-refractivity contribution in [2.24, 2.45) is 5.92 Å². The topological polar surface area (TPSA) is 20.3 Å². The molecule has 0 aliphatic carbocycles. The average molecular weight is 263 g/mol. The van der Waals surface area contributed by atoms with Crippen LogP contribution < -0.4 is 0 Å². The van der Waals surface area contributed by atoms with Crippen LogP contribution >= 0.6 is 0 Å². The van der Waals surface area contributed by atoms with E-state index in [9.17, 15) is 4.79 Å². The van der Waals surface area contributed by atoms with Crippen LogP contribution in [0.15, 0.2) is 73.3 Å². The van der Waals surface area contributed by atoms with Gasteiger partial charge in [-0.1, -0.05) is 66.7 Å². The van der Waals surface area contributed by atoms with Gasteiger partial charge >= 0.3 is 0 Å². The quantitative estimate of drug-likeness (QED) is 0.610. The molecule has 2 nitrogen and oxygen atoms in total. The third kappa shape index (κ3) is 2.14. The van der Waals surface area contributed by atoms with Crippen molar-refractivity contribution >= 4 is 5.91 Å². The largest absolute Gasteiger partial charge is 0.330 e. The number of hydrogen-bond donors (Lipinski definition) is 0. The maximum Gasteiger partial charge on any atom is 0.232 e. The molecule has 0 saturated carbocycles. The molecule has 0 spiro atoms. The fourth-order valence-electron chi connectivity index (χ4n) is 2.80. The number of rotatable bonds is 4. The van der Waals surface area contributed by atoms with E-state index < -0.39 is 0 Å². The van der Waals surface area contributed by atoms with Crippen molar-refractivity contribution in [1.82, 2.24) is 4.90 Å². The molecule has 2 aromatic rings. The van der Waals surface area contributed by atoms with Crippen molar-refractivity contribution in [2.75, 3.05) is 0 Å². The Morgan fingerprint density at radius 1 is 1.00 bits per heavy atom. The second kappa shape index (κ2) is 5.33. The summed E-state index contributed by atoms with van der Waals surface area (Å²) >= 11 is 0. The highest BCUT2D eigenvalue weighted by molar-refractivity contribution is 5.88. The van der Waals surface area contributed by atoms with Crippen molar-refractivity contribution < 1.29 is 4.79 Å². The van der Waals surface area contributed by atoms with Crippen LogP contribution in [0.5, 0.6) is 0 Å². The van der Waals surface area contributed by atoms with Gasteiger partial charge in [0.15, 0.2) is 0 Å². The first kappa shape index (κ1) is 12.7. The van der Waals surface area contributed by atoms with Crippen LogP contribution in [0.3, 0.4) is 0 Å². The standard InChI is InChI=1S/C18H17NO/c1-2-16-17(15-11-7-4-8-12-15)19(18(16)20)13-14-9-5-3-6-10-14/h2-12,16-17H,1,13H2/t16?,17-/m1/s1. The molecular weight excluding hydrogens is 246 g/mol. The van der Waals surface area contributed by atoms with Gasteiger partial charge < -0.3 is 4.90 Å². The second-order valence-corrected chi connectivity index (χ2v) is 5.07. The predicted molar refractivity (Wildman–Crippen MR) is 79.9 cm³/mol. The molecule has 1 saturated heterocycles. The minimum Gasteiger partial charge on any atom is -0.330 e. The predicted octanol–water partition coefficient (Wildman–Crippen LogP) is 3.57. The van der Waals surface area contributed by atoms with Crippen LogP contribution in [0.4, 0.5) is 0 Å². The lowest BCUT2D eigenvalue weighted by molar-refractivity contribution is -0.154. The van der Waals surface area contributed by atoms with E-state index in [1.165, 1.54) is 5.56 Å². The Morgan fingerprint density at radius 2 is 1.60 bits per heavy atom. The molecule has 2 atom stereocenters. The van der Waals surface area contributed by atoms with Crippen molar-refractivity contribution in [3.05, 3.63) is 84.4 Å². The normalized spacial score (nSPS) is 21.4. The number of nitrogens with zero attached hydrogens (tertiary/aromatic N) is 1. The fourth-order valence-corrected chi connectivity index (χ4v) is 2.80. The van der Waals surface area contributed by atoms with E-state index in [2.05, 4.69) is 30.8 Å². The second-order valence-electron chi connectivity index (χ2n) is 5.07. The molecule has 1 aliphatic heterocycles. The minimum atomic E-state index is -0.0962. The van der Waals surface area contributed by atoms with Gasteiger partial charge in [-0.25, -0.2) is 0 Å². The minimum absolute atomic E-state index is 0.0962. The molecule has 1 unspecified atom stereocenters. The van der Waals surface area contributed by atoms with Crippen LogP contribution in [-0.2, 0) is 11.3 Å². The first-order chi connectivity index (χ1) is 9.81. The monoisotopic (exact) mass is 263 g/mol. The summed E-state index contributed by atoms with van der Waals surface area (Å²) in [6.07, 6.45) is 1.77. The smallest absolute Gasteiger partial charge is 0.232 e. The van der Waals surface area contributed by atoms with Crippen molar-refractivity contribution in [3.8, 4) is 0 Å². The Hall–Kier alpha value is -2.35. The number of likely N-dealkylation sites (tertiary alicyclic amines) is 1. The van der Waals surface area contributed by atoms with Gasteiger partial charge in [-0.2, -0.15) is 0 Å². The van der Waals surface area contributed by atoms with Crippen molar-refractivity contribution in [3.63, 3.8) is 0 Å². The first-order valence-electron chi connectivity index (χ1n) is 6.83. The zero-order chi connectivity index (χ0) is 13.9. The van der Waals surface area contributed by atoms with E-state index in [1.54, 1.807) is 6.08 Å². The SMILES string of the molecule is C=CC1C(=O)N(Cc2ccccc2)[C@@H]1c1ccccc1. The number of carbonyl (C=O) groups is 1. The molecule has 1 aliphatic rings. The molecule has 0 bridgehead atoms. The van der Waals surface area contributed by atoms with Crippen molar-refractivity contribution in [1.29, 1.82) is 0 Å². The van der Waals surface area contributed by atoms with Gasteiger partial charge in [0.05, 0.1) is 12.0 Å². The van der Waals surface area contributed by atoms with Gasteiger partial charge in [-0.3, -0.25) is 4.79 Å². The number of carbonyl (C=O) groups excluding carboxylic acids is 1. The Kier molecular flexibility index (Phi) is 3.38. The average Bonchev–Trinajstić information content (AvgIpc) is 2.51. The summed E-state index contributed by atoms with van der Waals surface area (Å²) in [7, 11) is 0. The first-order valence-corrected chi connectivity index (χ1v) is 6.83. The summed E-state index contributed by atoms with van der Waals surface area (Å²) in [4.78, 5) is 14.2. The Bertz CT molecular complexity index is 606. The van der Waals surface area contributed by atoms with E-state index in [4.69, 9.17) is 0 Å². The molecule has 2 aromatic carbocycles. The molecule has 20 heavy (non-hydrogen) atoms. The van der Waals surface area contributed by atoms with Gasteiger partial charge in [-0.05, 0) is 11.1 Å². The lowest BCUT2D eigenvalue weighted by atomic mass is 9.82. The van der Waals surface area contributed by atoms with Crippen LogP contribution in [0.2, 0.25) is 0 Å². The maximum atomic E-state index is 12.2. The van der Waals surface area contributed by atoms with Crippen LogP contribution in [0.1, 0.15) is 17.2 Å². The zero-order valence-corrected chi connectivity index (χ0v) is 11.3. The van der Waals surface area contributed by atoms with E-state index in [-0.39, 0.29) is 17.9 Å². The number of hydrogen-bond acceptors (Lipinski definition) is 1. The molecule has 100 valence electrons. The molecule has 1 fully saturated rings. The van der Waals surface area contributed by atoms with Gasteiger partial charge in [0.1, 0.15) is 0 Å². The highest BCUT2D eigenvalue weighted by atomic mass is 16.2. The summed E-state index contributed by atoms with van der Waals surface area (Å²) in [6.45, 7) is 4.46. The summed E-state index contributed by atoms with van der Waals surface area (Å²) in [6, 6.07) is 20.4. The maximum absolute atomic E-state index is 12.2. The molecule has 0 N–H and O–H groups in total. The van der Waals surface area contributed by atoms with Crippen LogP contribution in [0.25, 0.3) is 0 Å². The fraction of sp³-hybridized carbons (Fsp3) is 0.167. The Labute approximate surface area is 119 Å². The van der Waals surface area contributed by atoms with Crippen LogP contribution in [0, 0.1) is 5.92 Å². The van der Waals surface area contributed by atoms with E-state index >= 15 is 0 Å². The summed E-state index contributed by atoms with van der Waals surface area (Å²) in [5.74, 6) is 0.0684. The van der Waals surface area contributed by atoms with Crippen molar-refractivity contribution in [2.45, 2.75) is 12.6 Å². The molecule has 2 heteroatoms. The van der Waals surface area contributed by atoms with Gasteiger partial charge in [0.25, 0.3) is 0 Å². The van der Waals surface area contributed by atoms with Gasteiger partial charge in [0.2, 0.25) is 5.91 Å². The third-order valence-electron chi connectivity index (χ3n) is 3.83. The number of β-lactam (4-membered cyclic amide) rings is 1. The van der Waals surface area contributed by atoms with E-state index in [0.717, 1.165) is 5.56 Å². The Balaban J connectivity index is 1.86. The third-order valence-corrected chi connectivity index (χ3v) is 3.83. The van der Waals surface area contributed by atoms with E-state index in [1.807, 2.05) is 41.3 Å². The summed E-state index contributed by atoms with van der Waals surface area (Å²) in [5.41, 5.74) is 2.33. The van der Waals surface area contributed by atoms with E-state index in [0.29, 0.717) is 6.54 Å². The molecule has 0 aromatic heterocycles. The zero-order valence-electron chi connectivity index (χ0n) is 11.3. The summed E-state index contributed by atoms with van der Waals surface area (Å²) in [5, 5.41) is 0. The summed E-state index contributed by atoms with van der Waals surface area (Å²) < 4.78 is 0. The highest BCUT2D eigenvalue weighted by Crippen LogP contribution is 2.41. The molecule has 1 amide bonds. The highest BCUT2D eigenvalue weighted by Gasteiger charge is 2.45. The molecule has 1 heterocycles. The van der Waals surface area contributed by atoms with Gasteiger partial charge in [-0.15, -0.1) is 6.58 Å². The van der Waals surface area contributed by atoms with Gasteiger partial charge in [0, 0.05) is 6.54 Å².